The van der Waals surface area contributed by atoms with Gasteiger partial charge in [-0.1, -0.05) is 29.8 Å². The van der Waals surface area contributed by atoms with Gasteiger partial charge in [0.1, 0.15) is 5.82 Å². The van der Waals surface area contributed by atoms with Crippen molar-refractivity contribution in [2.75, 3.05) is 0 Å². The third-order valence-electron chi connectivity index (χ3n) is 3.40. The van der Waals surface area contributed by atoms with Crippen molar-refractivity contribution >= 4 is 63.2 Å². The fraction of sp³-hybridized carbons (Fsp3) is 0.0588. The van der Waals surface area contributed by atoms with Gasteiger partial charge in [0.2, 0.25) is 0 Å². The maximum Gasteiger partial charge on any atom is 0.293 e. The predicted octanol–water partition coefficient (Wildman–Crippen LogP) is 5.32. The van der Waals surface area contributed by atoms with E-state index in [1.807, 2.05) is 24.3 Å². The average molecular weight is 474 g/mol. The number of halogens is 3. The first-order chi connectivity index (χ1) is 11.5. The minimum absolute atomic E-state index is 0.110. The van der Waals surface area contributed by atoms with Gasteiger partial charge in [-0.05, 0) is 70.3 Å². The molecule has 1 aliphatic rings. The van der Waals surface area contributed by atoms with Gasteiger partial charge in [-0.2, -0.15) is 0 Å². The zero-order valence-corrected chi connectivity index (χ0v) is 15.9. The molecule has 0 aliphatic carbocycles. The molecule has 0 spiro atoms. The maximum absolute atomic E-state index is 13.9. The molecule has 3 nitrogen and oxygen atoms in total. The number of imide groups is 1. The van der Waals surface area contributed by atoms with Crippen LogP contribution in [-0.2, 0) is 11.3 Å². The lowest BCUT2D eigenvalue weighted by molar-refractivity contribution is -0.123. The van der Waals surface area contributed by atoms with Gasteiger partial charge in [0.05, 0.1) is 16.5 Å². The van der Waals surface area contributed by atoms with E-state index in [2.05, 4.69) is 22.6 Å². The molecule has 0 saturated carbocycles. The quantitative estimate of drug-likeness (QED) is 0.447. The Kier molecular flexibility index (Phi) is 5.27. The third-order valence-corrected chi connectivity index (χ3v) is 5.36. The summed E-state index contributed by atoms with van der Waals surface area (Å²) in [7, 11) is 0. The number of carbonyl (C=O) groups is 2. The maximum atomic E-state index is 13.9. The first-order valence-electron chi connectivity index (χ1n) is 6.89. The summed E-state index contributed by atoms with van der Waals surface area (Å²) in [6.07, 6.45) is 1.33. The lowest BCUT2D eigenvalue weighted by atomic mass is 10.2. The fourth-order valence-electron chi connectivity index (χ4n) is 2.19. The molecule has 0 aromatic heterocycles. The molecule has 1 fully saturated rings. The van der Waals surface area contributed by atoms with Crippen molar-refractivity contribution < 1.29 is 14.0 Å². The first kappa shape index (κ1) is 17.4. The van der Waals surface area contributed by atoms with E-state index in [0.717, 1.165) is 25.8 Å². The SMILES string of the molecule is O=C1S/C(=C\c2c(F)cccc2Cl)C(=O)N1Cc1ccc(I)cc1. The summed E-state index contributed by atoms with van der Waals surface area (Å²) in [4.78, 5) is 25.9. The van der Waals surface area contributed by atoms with Crippen molar-refractivity contribution in [3.8, 4) is 0 Å². The van der Waals surface area contributed by atoms with E-state index in [1.165, 1.54) is 24.3 Å². The highest BCUT2D eigenvalue weighted by atomic mass is 127. The molecule has 0 bridgehead atoms. The number of benzene rings is 2. The molecule has 2 aromatic carbocycles. The Bertz CT molecular complexity index is 834. The molecule has 1 saturated heterocycles. The molecule has 1 heterocycles. The van der Waals surface area contributed by atoms with Crippen molar-refractivity contribution in [2.24, 2.45) is 0 Å². The highest BCUT2D eigenvalue weighted by molar-refractivity contribution is 14.1. The van der Waals surface area contributed by atoms with Crippen LogP contribution in [0.3, 0.4) is 0 Å². The minimum atomic E-state index is -0.535. The Morgan fingerprint density at radius 3 is 2.54 bits per heavy atom. The monoisotopic (exact) mass is 473 g/mol. The lowest BCUT2D eigenvalue weighted by Crippen LogP contribution is -2.27. The van der Waals surface area contributed by atoms with Crippen LogP contribution in [0.25, 0.3) is 6.08 Å². The van der Waals surface area contributed by atoms with Gasteiger partial charge in [0.25, 0.3) is 11.1 Å². The van der Waals surface area contributed by atoms with Crippen molar-refractivity contribution in [1.29, 1.82) is 0 Å². The van der Waals surface area contributed by atoms with E-state index in [9.17, 15) is 14.0 Å². The van der Waals surface area contributed by atoms with Crippen LogP contribution in [0, 0.1) is 9.39 Å². The van der Waals surface area contributed by atoms with Gasteiger partial charge in [0.15, 0.2) is 0 Å². The van der Waals surface area contributed by atoms with E-state index in [1.54, 1.807) is 0 Å². The molecule has 0 unspecified atom stereocenters. The largest absolute Gasteiger partial charge is 0.293 e. The molecule has 0 N–H and O–H groups in total. The molecule has 0 atom stereocenters. The number of nitrogens with zero attached hydrogens (tertiary/aromatic N) is 1. The summed E-state index contributed by atoms with van der Waals surface area (Å²) in [5, 5.41) is -0.184. The summed E-state index contributed by atoms with van der Waals surface area (Å²) in [6, 6.07) is 11.8. The lowest BCUT2D eigenvalue weighted by Gasteiger charge is -2.12. The highest BCUT2D eigenvalue weighted by Crippen LogP contribution is 2.35. The summed E-state index contributed by atoms with van der Waals surface area (Å²) in [6.45, 7) is 0.184. The van der Waals surface area contributed by atoms with E-state index < -0.39 is 11.7 Å². The van der Waals surface area contributed by atoms with Gasteiger partial charge in [-0.15, -0.1) is 0 Å². The molecule has 122 valence electrons. The third kappa shape index (κ3) is 3.65. The van der Waals surface area contributed by atoms with Gasteiger partial charge in [0, 0.05) is 9.13 Å². The van der Waals surface area contributed by atoms with Crippen LogP contribution in [0.4, 0.5) is 9.18 Å². The van der Waals surface area contributed by atoms with E-state index in [0.29, 0.717) is 0 Å². The van der Waals surface area contributed by atoms with Crippen molar-refractivity contribution in [3.05, 3.63) is 72.9 Å². The molecule has 0 radical (unpaired) electrons. The Morgan fingerprint density at radius 2 is 1.88 bits per heavy atom. The number of thioether (sulfide) groups is 1. The Morgan fingerprint density at radius 1 is 1.17 bits per heavy atom. The topological polar surface area (TPSA) is 37.4 Å². The second kappa shape index (κ2) is 7.25. The average Bonchev–Trinajstić information content (AvgIpc) is 2.80. The van der Waals surface area contributed by atoms with Crippen molar-refractivity contribution in [1.82, 2.24) is 4.90 Å². The van der Waals surface area contributed by atoms with Gasteiger partial charge in [-0.25, -0.2) is 4.39 Å². The summed E-state index contributed by atoms with van der Waals surface area (Å²) < 4.78 is 14.9. The smallest absolute Gasteiger partial charge is 0.268 e. The molecule has 2 aromatic rings. The van der Waals surface area contributed by atoms with Crippen LogP contribution in [0.15, 0.2) is 47.4 Å². The second-order valence-corrected chi connectivity index (χ2v) is 7.68. The van der Waals surface area contributed by atoms with Crippen LogP contribution in [0.1, 0.15) is 11.1 Å². The van der Waals surface area contributed by atoms with Gasteiger partial charge >= 0.3 is 0 Å². The summed E-state index contributed by atoms with van der Waals surface area (Å²) in [5.41, 5.74) is 0.960. The van der Waals surface area contributed by atoms with Crippen LogP contribution < -0.4 is 0 Å². The van der Waals surface area contributed by atoms with Crippen LogP contribution in [-0.4, -0.2) is 16.0 Å². The molecular formula is C17H10ClFINO2S. The molecule has 1 aliphatic heterocycles. The van der Waals surface area contributed by atoms with Gasteiger partial charge in [-0.3, -0.25) is 14.5 Å². The van der Waals surface area contributed by atoms with Crippen LogP contribution in [0.2, 0.25) is 5.02 Å². The number of amides is 2. The van der Waals surface area contributed by atoms with Gasteiger partial charge < -0.3 is 0 Å². The van der Waals surface area contributed by atoms with Crippen molar-refractivity contribution in [2.45, 2.75) is 6.54 Å². The fourth-order valence-corrected chi connectivity index (χ4v) is 3.59. The predicted molar refractivity (Wildman–Crippen MR) is 102 cm³/mol. The Hall–Kier alpha value is -1.38. The van der Waals surface area contributed by atoms with Crippen molar-refractivity contribution in [3.63, 3.8) is 0 Å². The standard InChI is InChI=1S/C17H10ClFINO2S/c18-13-2-1-3-14(19)12(13)8-15-16(22)21(17(23)24-15)9-10-4-6-11(20)7-5-10/h1-8H,9H2/b15-8-. The molecule has 24 heavy (non-hydrogen) atoms. The normalized spacial score (nSPS) is 16.3. The second-order valence-electron chi connectivity index (χ2n) is 5.03. The molecule has 3 rings (SSSR count). The van der Waals surface area contributed by atoms with E-state index >= 15 is 0 Å². The zero-order chi connectivity index (χ0) is 17.3. The Balaban J connectivity index is 1.86. The van der Waals surface area contributed by atoms with Crippen LogP contribution in [0.5, 0.6) is 0 Å². The number of rotatable bonds is 3. The Labute approximate surface area is 161 Å². The first-order valence-corrected chi connectivity index (χ1v) is 9.17. The molecular weight excluding hydrogens is 464 g/mol. The highest BCUT2D eigenvalue weighted by Gasteiger charge is 2.35. The molecule has 7 heteroatoms. The van der Waals surface area contributed by atoms with E-state index in [4.69, 9.17) is 11.6 Å². The zero-order valence-electron chi connectivity index (χ0n) is 12.1. The number of hydrogen-bond acceptors (Lipinski definition) is 3. The minimum Gasteiger partial charge on any atom is -0.268 e. The van der Waals surface area contributed by atoms with Crippen LogP contribution >= 0.6 is 46.0 Å². The number of hydrogen-bond donors (Lipinski definition) is 0. The summed E-state index contributed by atoms with van der Waals surface area (Å²) in [5.74, 6) is -0.977. The molecule has 2 amide bonds. The summed E-state index contributed by atoms with van der Waals surface area (Å²) >= 11 is 8.94. The number of carbonyl (C=O) groups excluding carboxylic acids is 2. The van der Waals surface area contributed by atoms with E-state index in [-0.39, 0.29) is 27.3 Å².